The van der Waals surface area contributed by atoms with Gasteiger partial charge in [-0.3, -0.25) is 4.79 Å². The number of rotatable bonds is 3. The van der Waals surface area contributed by atoms with Crippen LogP contribution in [0.25, 0.3) is 0 Å². The highest BCUT2D eigenvalue weighted by atomic mass is 19.4. The third kappa shape index (κ3) is 2.59. The third-order valence-corrected chi connectivity index (χ3v) is 3.57. The van der Waals surface area contributed by atoms with Crippen molar-refractivity contribution in [3.05, 3.63) is 0 Å². The van der Waals surface area contributed by atoms with Crippen LogP contribution >= 0.6 is 0 Å². The fraction of sp³-hybridized carbons (Fsp3) is 0.818. The molecule has 0 aromatic rings. The van der Waals surface area contributed by atoms with Crippen LogP contribution < -0.4 is 5.32 Å². The fourth-order valence-corrected chi connectivity index (χ4v) is 2.12. The lowest BCUT2D eigenvalue weighted by Crippen LogP contribution is -2.62. The van der Waals surface area contributed by atoms with E-state index >= 15 is 0 Å². The van der Waals surface area contributed by atoms with Crippen LogP contribution in [0.5, 0.6) is 0 Å². The average molecular weight is 267 g/mol. The van der Waals surface area contributed by atoms with Crippen molar-refractivity contribution in [2.24, 2.45) is 11.8 Å². The van der Waals surface area contributed by atoms with Crippen LogP contribution in [-0.2, 0) is 9.59 Å². The summed E-state index contributed by atoms with van der Waals surface area (Å²) in [7, 11) is 0. The van der Waals surface area contributed by atoms with E-state index in [0.717, 1.165) is 12.8 Å². The van der Waals surface area contributed by atoms with Crippen molar-refractivity contribution >= 4 is 11.9 Å². The third-order valence-electron chi connectivity index (χ3n) is 3.57. The second-order valence-electron chi connectivity index (χ2n) is 4.93. The second kappa shape index (κ2) is 4.78. The van der Waals surface area contributed by atoms with Gasteiger partial charge in [-0.25, -0.2) is 4.79 Å². The van der Waals surface area contributed by atoms with Gasteiger partial charge in [0, 0.05) is 5.92 Å². The van der Waals surface area contributed by atoms with Crippen LogP contribution in [0.3, 0.4) is 0 Å². The van der Waals surface area contributed by atoms with E-state index in [1.54, 1.807) is 12.2 Å². The van der Waals surface area contributed by atoms with Crippen molar-refractivity contribution in [2.75, 3.05) is 0 Å². The SMILES string of the molecule is CC1CCCC1C(=O)NC(C)(C(=O)O)C(F)(F)F. The van der Waals surface area contributed by atoms with Gasteiger partial charge < -0.3 is 10.4 Å². The molecule has 18 heavy (non-hydrogen) atoms. The Morgan fingerprint density at radius 3 is 2.17 bits per heavy atom. The lowest BCUT2D eigenvalue weighted by molar-refractivity contribution is -0.207. The summed E-state index contributed by atoms with van der Waals surface area (Å²) < 4.78 is 38.1. The van der Waals surface area contributed by atoms with Crippen LogP contribution in [-0.4, -0.2) is 28.7 Å². The van der Waals surface area contributed by atoms with Gasteiger partial charge >= 0.3 is 12.1 Å². The number of amides is 1. The molecule has 4 nitrogen and oxygen atoms in total. The molecular formula is C11H16F3NO3. The molecule has 1 fully saturated rings. The van der Waals surface area contributed by atoms with E-state index in [9.17, 15) is 22.8 Å². The van der Waals surface area contributed by atoms with Crippen molar-refractivity contribution < 1.29 is 27.9 Å². The van der Waals surface area contributed by atoms with E-state index < -0.39 is 29.5 Å². The maximum absolute atomic E-state index is 12.7. The van der Waals surface area contributed by atoms with Crippen LogP contribution in [0, 0.1) is 11.8 Å². The van der Waals surface area contributed by atoms with Gasteiger partial charge in [-0.1, -0.05) is 13.3 Å². The molecule has 2 N–H and O–H groups in total. The van der Waals surface area contributed by atoms with Crippen LogP contribution in [0.1, 0.15) is 33.1 Å². The number of hydrogen-bond donors (Lipinski definition) is 2. The van der Waals surface area contributed by atoms with Crippen molar-refractivity contribution in [3.8, 4) is 0 Å². The molecule has 0 spiro atoms. The van der Waals surface area contributed by atoms with Crippen molar-refractivity contribution in [3.63, 3.8) is 0 Å². The zero-order chi connectivity index (χ0) is 14.1. The number of carbonyl (C=O) groups excluding carboxylic acids is 1. The number of carboxylic acid groups (broad SMARTS) is 1. The Bertz CT molecular complexity index is 356. The number of nitrogens with one attached hydrogen (secondary N) is 1. The zero-order valence-corrected chi connectivity index (χ0v) is 10.2. The number of hydrogen-bond acceptors (Lipinski definition) is 2. The monoisotopic (exact) mass is 267 g/mol. The maximum Gasteiger partial charge on any atom is 0.422 e. The Kier molecular flexibility index (Phi) is 3.92. The van der Waals surface area contributed by atoms with E-state index in [1.807, 2.05) is 0 Å². The van der Waals surface area contributed by atoms with E-state index in [-0.39, 0.29) is 5.92 Å². The Labute approximate surface area is 103 Å². The van der Waals surface area contributed by atoms with Crippen LogP contribution in [0.2, 0.25) is 0 Å². The van der Waals surface area contributed by atoms with Gasteiger partial charge in [-0.15, -0.1) is 0 Å². The maximum atomic E-state index is 12.7. The molecule has 1 saturated carbocycles. The summed E-state index contributed by atoms with van der Waals surface area (Å²) in [6, 6.07) is 0. The Morgan fingerprint density at radius 2 is 1.83 bits per heavy atom. The van der Waals surface area contributed by atoms with Crippen molar-refractivity contribution in [1.82, 2.24) is 5.32 Å². The van der Waals surface area contributed by atoms with Gasteiger partial charge in [-0.2, -0.15) is 13.2 Å². The van der Waals surface area contributed by atoms with Gasteiger partial charge in [0.2, 0.25) is 11.4 Å². The summed E-state index contributed by atoms with van der Waals surface area (Å²) in [4.78, 5) is 22.5. The molecule has 1 amide bonds. The highest BCUT2D eigenvalue weighted by Gasteiger charge is 2.59. The van der Waals surface area contributed by atoms with E-state index in [2.05, 4.69) is 0 Å². The summed E-state index contributed by atoms with van der Waals surface area (Å²) in [5, 5.41) is 10.3. The molecule has 0 aliphatic heterocycles. The quantitative estimate of drug-likeness (QED) is 0.821. The molecule has 0 saturated heterocycles. The molecular weight excluding hydrogens is 251 g/mol. The summed E-state index contributed by atoms with van der Waals surface area (Å²) >= 11 is 0. The summed E-state index contributed by atoms with van der Waals surface area (Å²) in [5.41, 5.74) is -3.23. The minimum atomic E-state index is -5.03. The minimum absolute atomic E-state index is 0.0173. The predicted octanol–water partition coefficient (Wildman–Crippen LogP) is 1.94. The predicted molar refractivity (Wildman–Crippen MR) is 56.7 cm³/mol. The van der Waals surface area contributed by atoms with Gasteiger partial charge in [-0.05, 0) is 25.7 Å². The highest BCUT2D eigenvalue weighted by Crippen LogP contribution is 2.34. The number of aliphatic carboxylic acids is 1. The van der Waals surface area contributed by atoms with E-state index in [0.29, 0.717) is 13.3 Å². The molecule has 0 aromatic heterocycles. The van der Waals surface area contributed by atoms with Crippen LogP contribution in [0.15, 0.2) is 0 Å². The first kappa shape index (κ1) is 14.8. The largest absolute Gasteiger partial charge is 0.479 e. The fourth-order valence-electron chi connectivity index (χ4n) is 2.12. The molecule has 1 rings (SSSR count). The molecule has 0 heterocycles. The van der Waals surface area contributed by atoms with Crippen molar-refractivity contribution in [2.45, 2.75) is 44.8 Å². The first-order chi connectivity index (χ1) is 8.09. The first-order valence-electron chi connectivity index (χ1n) is 5.71. The zero-order valence-electron chi connectivity index (χ0n) is 10.2. The topological polar surface area (TPSA) is 66.4 Å². The standard InChI is InChI=1S/C11H16F3NO3/c1-6-4-3-5-7(6)8(16)15-10(2,9(17)18)11(12,13)14/h6-7H,3-5H2,1-2H3,(H,15,16)(H,17,18). The Hall–Kier alpha value is -1.27. The highest BCUT2D eigenvalue weighted by molar-refractivity contribution is 5.88. The van der Waals surface area contributed by atoms with Crippen LogP contribution in [0.4, 0.5) is 13.2 Å². The molecule has 1 aliphatic carbocycles. The molecule has 0 bridgehead atoms. The van der Waals surface area contributed by atoms with Gasteiger partial charge in [0.1, 0.15) is 0 Å². The Morgan fingerprint density at radius 1 is 1.28 bits per heavy atom. The lowest BCUT2D eigenvalue weighted by Gasteiger charge is -2.30. The normalized spacial score (nSPS) is 27.6. The van der Waals surface area contributed by atoms with Gasteiger partial charge in [0.15, 0.2) is 0 Å². The minimum Gasteiger partial charge on any atom is -0.479 e. The van der Waals surface area contributed by atoms with Crippen molar-refractivity contribution in [1.29, 1.82) is 0 Å². The summed E-state index contributed by atoms with van der Waals surface area (Å²) in [5.74, 6) is -3.49. The number of halogens is 3. The van der Waals surface area contributed by atoms with Gasteiger partial charge in [0.05, 0.1) is 0 Å². The molecule has 104 valence electrons. The number of alkyl halides is 3. The molecule has 3 atom stereocenters. The molecule has 1 aliphatic rings. The summed E-state index contributed by atoms with van der Waals surface area (Å²) in [6.45, 7) is 2.25. The number of carboxylic acids is 1. The number of carbonyl (C=O) groups is 2. The Balaban J connectivity index is 2.86. The van der Waals surface area contributed by atoms with Gasteiger partial charge in [0.25, 0.3) is 0 Å². The average Bonchev–Trinajstić information content (AvgIpc) is 2.62. The smallest absolute Gasteiger partial charge is 0.422 e. The molecule has 0 radical (unpaired) electrons. The van der Waals surface area contributed by atoms with E-state index in [1.165, 1.54) is 0 Å². The second-order valence-corrected chi connectivity index (χ2v) is 4.93. The first-order valence-corrected chi connectivity index (χ1v) is 5.71. The molecule has 0 aromatic carbocycles. The summed E-state index contributed by atoms with van der Waals surface area (Å²) in [6.07, 6.45) is -2.99. The van der Waals surface area contributed by atoms with E-state index in [4.69, 9.17) is 5.11 Å². The lowest BCUT2D eigenvalue weighted by atomic mass is 9.94. The molecule has 3 unspecified atom stereocenters. The molecule has 7 heteroatoms.